The Kier molecular flexibility index (Phi) is 3.93. The number of aromatic amines is 1. The van der Waals surface area contributed by atoms with Gasteiger partial charge in [0.05, 0.1) is 6.33 Å². The molecule has 8 nitrogen and oxygen atoms in total. The lowest BCUT2D eigenvalue weighted by atomic mass is 10.1. The molecule has 22 heavy (non-hydrogen) atoms. The molecule has 3 N–H and O–H groups in total. The third-order valence-corrected chi connectivity index (χ3v) is 4.17. The molecule has 3 heterocycles. The number of H-pyrrole nitrogens is 1. The fraction of sp³-hybridized carbons (Fsp3) is 0.571. The number of anilines is 1. The first kappa shape index (κ1) is 14.7. The number of nitrogens with one attached hydrogen (secondary N) is 1. The number of rotatable bonds is 4. The Hall–Kier alpha value is -2.22. The Bertz CT molecular complexity index is 666. The molecule has 1 saturated heterocycles. The summed E-state index contributed by atoms with van der Waals surface area (Å²) in [6, 6.07) is -0.325. The van der Waals surface area contributed by atoms with E-state index in [1.165, 1.54) is 6.33 Å². The van der Waals surface area contributed by atoms with E-state index in [1.54, 1.807) is 6.33 Å². The van der Waals surface area contributed by atoms with E-state index in [1.807, 2.05) is 23.6 Å². The lowest BCUT2D eigenvalue weighted by molar-refractivity contribution is -0.132. The molecular weight excluding hydrogens is 282 g/mol. The molecule has 2 atom stereocenters. The summed E-state index contributed by atoms with van der Waals surface area (Å²) in [5.74, 6) is 0.796. The third kappa shape index (κ3) is 2.39. The number of hydrogen-bond donors (Lipinski definition) is 2. The van der Waals surface area contributed by atoms with Crippen molar-refractivity contribution >= 4 is 22.9 Å². The molecule has 0 aliphatic carbocycles. The maximum atomic E-state index is 12.8. The predicted molar refractivity (Wildman–Crippen MR) is 83.3 cm³/mol. The highest BCUT2D eigenvalue weighted by atomic mass is 16.2. The van der Waals surface area contributed by atoms with E-state index in [2.05, 4.69) is 19.9 Å². The number of nitrogens with two attached hydrogens (primary N) is 1. The van der Waals surface area contributed by atoms with Gasteiger partial charge in [0.25, 0.3) is 0 Å². The van der Waals surface area contributed by atoms with Crippen molar-refractivity contribution in [2.75, 3.05) is 24.5 Å². The summed E-state index contributed by atoms with van der Waals surface area (Å²) in [5.41, 5.74) is 7.45. The van der Waals surface area contributed by atoms with Crippen LogP contribution in [0.4, 0.5) is 5.82 Å². The van der Waals surface area contributed by atoms with E-state index in [4.69, 9.17) is 5.73 Å². The second-order valence-corrected chi connectivity index (χ2v) is 5.47. The Labute approximate surface area is 128 Å². The molecule has 3 rings (SSSR count). The molecule has 0 radical (unpaired) electrons. The minimum atomic E-state index is -0.281. The van der Waals surface area contributed by atoms with Crippen LogP contribution in [0, 0.1) is 0 Å². The van der Waals surface area contributed by atoms with Crippen molar-refractivity contribution < 1.29 is 4.79 Å². The number of nitrogens with zero attached hydrogens (tertiary/aromatic N) is 5. The van der Waals surface area contributed by atoms with Gasteiger partial charge in [0.15, 0.2) is 11.5 Å². The summed E-state index contributed by atoms with van der Waals surface area (Å²) < 4.78 is 0. The predicted octanol–water partition coefficient (Wildman–Crippen LogP) is 0.127. The van der Waals surface area contributed by atoms with Crippen LogP contribution in [0.1, 0.15) is 20.3 Å². The molecule has 1 fully saturated rings. The van der Waals surface area contributed by atoms with Gasteiger partial charge in [-0.05, 0) is 20.3 Å². The quantitative estimate of drug-likeness (QED) is 0.832. The number of carbonyl (C=O) groups excluding carboxylic acids is 1. The summed E-state index contributed by atoms with van der Waals surface area (Å²) in [5, 5.41) is 0. The first-order valence-corrected chi connectivity index (χ1v) is 7.60. The molecule has 8 heteroatoms. The van der Waals surface area contributed by atoms with Crippen LogP contribution in [-0.2, 0) is 4.79 Å². The van der Waals surface area contributed by atoms with Crippen molar-refractivity contribution in [2.45, 2.75) is 32.4 Å². The van der Waals surface area contributed by atoms with E-state index in [0.717, 1.165) is 5.52 Å². The minimum absolute atomic E-state index is 0.0440. The van der Waals surface area contributed by atoms with Crippen molar-refractivity contribution in [1.29, 1.82) is 0 Å². The lowest BCUT2D eigenvalue weighted by Gasteiger charge is -2.29. The fourth-order valence-corrected chi connectivity index (χ4v) is 3.05. The maximum Gasteiger partial charge on any atom is 0.245 e. The SMILES string of the molecule is CCN(CC)C(=O)[C@@H]1C[C@H](N)CN1c1ncnc2nc[nH]c12. The van der Waals surface area contributed by atoms with Crippen molar-refractivity contribution in [3.05, 3.63) is 12.7 Å². The number of imidazole rings is 1. The zero-order valence-corrected chi connectivity index (χ0v) is 12.9. The second-order valence-electron chi connectivity index (χ2n) is 5.47. The van der Waals surface area contributed by atoms with Crippen LogP contribution in [-0.4, -0.2) is 62.5 Å². The van der Waals surface area contributed by atoms with E-state index < -0.39 is 0 Å². The molecular formula is C14H21N7O. The van der Waals surface area contributed by atoms with Gasteiger partial charge in [-0.1, -0.05) is 0 Å². The topological polar surface area (TPSA) is 104 Å². The maximum absolute atomic E-state index is 12.8. The number of fused-ring (bicyclic) bond motifs is 1. The number of carbonyl (C=O) groups is 1. The smallest absolute Gasteiger partial charge is 0.245 e. The molecule has 2 aromatic rings. The number of likely N-dealkylation sites (N-methyl/N-ethyl adjacent to an activating group) is 1. The summed E-state index contributed by atoms with van der Waals surface area (Å²) in [7, 11) is 0. The van der Waals surface area contributed by atoms with Gasteiger partial charge < -0.3 is 20.5 Å². The second kappa shape index (κ2) is 5.88. The Morgan fingerprint density at radius 2 is 2.18 bits per heavy atom. The first-order chi connectivity index (χ1) is 10.7. The fourth-order valence-electron chi connectivity index (χ4n) is 3.05. The van der Waals surface area contributed by atoms with E-state index in [-0.39, 0.29) is 18.0 Å². The summed E-state index contributed by atoms with van der Waals surface area (Å²) in [6.07, 6.45) is 3.69. The van der Waals surface area contributed by atoms with Crippen molar-refractivity contribution in [3.8, 4) is 0 Å². The molecule has 0 unspecified atom stereocenters. The van der Waals surface area contributed by atoms with Crippen molar-refractivity contribution in [3.63, 3.8) is 0 Å². The van der Waals surface area contributed by atoms with E-state index in [9.17, 15) is 4.79 Å². The van der Waals surface area contributed by atoms with Gasteiger partial charge in [-0.2, -0.15) is 0 Å². The average Bonchev–Trinajstić information content (AvgIpc) is 3.14. The lowest BCUT2D eigenvalue weighted by Crippen LogP contribution is -2.46. The molecule has 0 spiro atoms. The molecule has 1 aliphatic heterocycles. The van der Waals surface area contributed by atoms with Gasteiger partial charge in [-0.25, -0.2) is 15.0 Å². The summed E-state index contributed by atoms with van der Waals surface area (Å²) in [4.78, 5) is 32.3. The zero-order chi connectivity index (χ0) is 15.7. The molecule has 1 amide bonds. The highest BCUT2D eigenvalue weighted by molar-refractivity contribution is 5.90. The normalized spacial score (nSPS) is 21.5. The number of aromatic nitrogens is 4. The van der Waals surface area contributed by atoms with Crippen LogP contribution in [0.2, 0.25) is 0 Å². The minimum Gasteiger partial charge on any atom is -0.341 e. The number of amides is 1. The molecule has 0 bridgehead atoms. The molecule has 1 aliphatic rings. The third-order valence-electron chi connectivity index (χ3n) is 4.17. The van der Waals surface area contributed by atoms with Crippen LogP contribution < -0.4 is 10.6 Å². The van der Waals surface area contributed by atoms with E-state index >= 15 is 0 Å². The first-order valence-electron chi connectivity index (χ1n) is 7.60. The zero-order valence-electron chi connectivity index (χ0n) is 12.9. The van der Waals surface area contributed by atoms with Crippen molar-refractivity contribution in [1.82, 2.24) is 24.8 Å². The van der Waals surface area contributed by atoms with Gasteiger partial charge >= 0.3 is 0 Å². The average molecular weight is 303 g/mol. The van der Waals surface area contributed by atoms with Crippen LogP contribution in [0.15, 0.2) is 12.7 Å². The van der Waals surface area contributed by atoms with Gasteiger partial charge in [0.2, 0.25) is 5.91 Å². The highest BCUT2D eigenvalue weighted by Gasteiger charge is 2.38. The molecule has 0 saturated carbocycles. The largest absolute Gasteiger partial charge is 0.341 e. The Morgan fingerprint density at radius 1 is 1.41 bits per heavy atom. The van der Waals surface area contributed by atoms with E-state index in [0.29, 0.717) is 37.5 Å². The summed E-state index contributed by atoms with van der Waals surface area (Å²) in [6.45, 7) is 5.95. The van der Waals surface area contributed by atoms with Crippen molar-refractivity contribution in [2.24, 2.45) is 5.73 Å². The van der Waals surface area contributed by atoms with Crippen LogP contribution >= 0.6 is 0 Å². The summed E-state index contributed by atoms with van der Waals surface area (Å²) >= 11 is 0. The molecule has 118 valence electrons. The standard InChI is InChI=1S/C14H21N7O/c1-3-20(4-2)14(22)10-5-9(15)6-21(10)13-11-12(17-7-16-11)18-8-19-13/h7-10H,3-6,15H2,1-2H3,(H,16,17,18,19)/t9-,10-/m0/s1. The molecule has 2 aromatic heterocycles. The highest BCUT2D eigenvalue weighted by Crippen LogP contribution is 2.28. The number of hydrogen-bond acceptors (Lipinski definition) is 6. The monoisotopic (exact) mass is 303 g/mol. The van der Waals surface area contributed by atoms with Gasteiger partial charge in [-0.3, -0.25) is 4.79 Å². The van der Waals surface area contributed by atoms with Crippen LogP contribution in [0.3, 0.4) is 0 Å². The van der Waals surface area contributed by atoms with Crippen LogP contribution in [0.5, 0.6) is 0 Å². The van der Waals surface area contributed by atoms with Gasteiger partial charge in [0, 0.05) is 25.7 Å². The Morgan fingerprint density at radius 3 is 2.91 bits per heavy atom. The van der Waals surface area contributed by atoms with Gasteiger partial charge in [0.1, 0.15) is 17.9 Å². The van der Waals surface area contributed by atoms with Gasteiger partial charge in [-0.15, -0.1) is 0 Å². The Balaban J connectivity index is 1.97. The van der Waals surface area contributed by atoms with Crippen LogP contribution in [0.25, 0.3) is 11.2 Å². The molecule has 0 aromatic carbocycles.